The number of morpholine rings is 1. The van der Waals surface area contributed by atoms with Crippen molar-refractivity contribution in [3.8, 4) is 0 Å². The van der Waals surface area contributed by atoms with Gasteiger partial charge in [0, 0.05) is 25.9 Å². The number of hydrogen-bond acceptors (Lipinski definition) is 4. The third-order valence-corrected chi connectivity index (χ3v) is 2.98. The van der Waals surface area contributed by atoms with E-state index in [9.17, 15) is 9.90 Å². The smallest absolute Gasteiger partial charge is 0.247 e. The molecule has 1 aromatic rings. The van der Waals surface area contributed by atoms with Crippen LogP contribution in [0.15, 0.2) is 18.3 Å². The maximum Gasteiger partial charge on any atom is 0.247 e. The predicted octanol–water partition coefficient (Wildman–Crippen LogP) is -0.347. The Morgan fingerprint density at radius 2 is 2.56 bits per heavy atom. The molecule has 1 amide bonds. The third kappa shape index (κ3) is 2.77. The van der Waals surface area contributed by atoms with Gasteiger partial charge in [0.2, 0.25) is 5.91 Å². The summed E-state index contributed by atoms with van der Waals surface area (Å²) in [7, 11) is 1.81. The minimum Gasteiger partial charge on any atom is -0.394 e. The fraction of sp³-hybridized carbons (Fsp3) is 0.500. The number of amides is 1. The Morgan fingerprint density at radius 3 is 3.22 bits per heavy atom. The van der Waals surface area contributed by atoms with Crippen LogP contribution in [-0.2, 0) is 16.6 Å². The van der Waals surface area contributed by atoms with Gasteiger partial charge in [-0.2, -0.15) is 5.10 Å². The van der Waals surface area contributed by atoms with E-state index < -0.39 is 0 Å². The van der Waals surface area contributed by atoms with Crippen LogP contribution in [0.3, 0.4) is 0 Å². The van der Waals surface area contributed by atoms with Crippen molar-refractivity contribution in [2.45, 2.75) is 6.04 Å². The Balaban J connectivity index is 2.02. The molecule has 0 bridgehead atoms. The van der Waals surface area contributed by atoms with Crippen molar-refractivity contribution in [3.63, 3.8) is 0 Å². The van der Waals surface area contributed by atoms with Crippen molar-refractivity contribution in [1.29, 1.82) is 0 Å². The summed E-state index contributed by atoms with van der Waals surface area (Å²) in [6.45, 7) is 1.34. The van der Waals surface area contributed by atoms with Gasteiger partial charge in [-0.3, -0.25) is 9.48 Å². The zero-order valence-electron chi connectivity index (χ0n) is 10.3. The van der Waals surface area contributed by atoms with Crippen LogP contribution in [0.5, 0.6) is 0 Å². The predicted molar refractivity (Wildman–Crippen MR) is 65.6 cm³/mol. The van der Waals surface area contributed by atoms with Gasteiger partial charge >= 0.3 is 0 Å². The van der Waals surface area contributed by atoms with Crippen LogP contribution in [0, 0.1) is 0 Å². The number of aryl methyl sites for hydroxylation is 1. The molecule has 0 aromatic carbocycles. The summed E-state index contributed by atoms with van der Waals surface area (Å²) in [5.41, 5.74) is 0.858. The van der Waals surface area contributed by atoms with Crippen LogP contribution in [-0.4, -0.2) is 58.1 Å². The highest BCUT2D eigenvalue weighted by Gasteiger charge is 2.25. The second-order valence-corrected chi connectivity index (χ2v) is 4.16. The number of carbonyl (C=O) groups excluding carboxylic acids is 1. The highest BCUT2D eigenvalue weighted by atomic mass is 16.5. The standard InChI is InChI=1S/C12H17N3O3/c1-14-10(4-5-13-14)2-3-12(17)15-6-7-18-9-11(15)8-16/h2-5,11,16H,6-9H2,1H3/b3-2+. The Kier molecular flexibility index (Phi) is 4.11. The first kappa shape index (κ1) is 12.8. The van der Waals surface area contributed by atoms with E-state index in [0.29, 0.717) is 19.8 Å². The summed E-state index contributed by atoms with van der Waals surface area (Å²) in [5, 5.41) is 13.2. The molecule has 0 saturated carbocycles. The van der Waals surface area contributed by atoms with Gasteiger partial charge in [-0.05, 0) is 12.1 Å². The van der Waals surface area contributed by atoms with E-state index in [4.69, 9.17) is 4.74 Å². The Bertz CT molecular complexity index is 442. The largest absolute Gasteiger partial charge is 0.394 e. The molecular formula is C12H17N3O3. The lowest BCUT2D eigenvalue weighted by molar-refractivity contribution is -0.136. The quantitative estimate of drug-likeness (QED) is 0.746. The fourth-order valence-corrected chi connectivity index (χ4v) is 1.90. The third-order valence-electron chi connectivity index (χ3n) is 2.98. The summed E-state index contributed by atoms with van der Waals surface area (Å²) < 4.78 is 6.92. The lowest BCUT2D eigenvalue weighted by Gasteiger charge is -2.33. The zero-order valence-corrected chi connectivity index (χ0v) is 10.3. The van der Waals surface area contributed by atoms with Crippen molar-refractivity contribution in [2.75, 3.05) is 26.4 Å². The summed E-state index contributed by atoms with van der Waals surface area (Å²) >= 11 is 0. The van der Waals surface area contributed by atoms with Crippen LogP contribution < -0.4 is 0 Å². The number of rotatable bonds is 3. The molecule has 0 radical (unpaired) electrons. The summed E-state index contributed by atoms with van der Waals surface area (Å²) in [5.74, 6) is -0.112. The van der Waals surface area contributed by atoms with E-state index in [0.717, 1.165) is 5.69 Å². The van der Waals surface area contributed by atoms with E-state index in [1.54, 1.807) is 21.9 Å². The van der Waals surface area contributed by atoms with Gasteiger partial charge in [0.25, 0.3) is 0 Å². The van der Waals surface area contributed by atoms with Crippen LogP contribution in [0.25, 0.3) is 6.08 Å². The van der Waals surface area contributed by atoms with E-state index in [1.165, 1.54) is 6.08 Å². The Morgan fingerprint density at radius 1 is 1.72 bits per heavy atom. The normalized spacial score (nSPS) is 20.6. The highest BCUT2D eigenvalue weighted by Crippen LogP contribution is 2.08. The molecule has 2 rings (SSSR count). The summed E-state index contributed by atoms with van der Waals surface area (Å²) in [6.07, 6.45) is 4.90. The molecule has 98 valence electrons. The molecule has 1 aromatic heterocycles. The number of aliphatic hydroxyl groups excluding tert-OH is 1. The number of aromatic nitrogens is 2. The minimum absolute atomic E-state index is 0.0781. The Labute approximate surface area is 105 Å². The molecule has 6 heteroatoms. The monoisotopic (exact) mass is 251 g/mol. The first-order valence-electron chi connectivity index (χ1n) is 5.87. The zero-order chi connectivity index (χ0) is 13.0. The molecule has 1 aliphatic rings. The van der Waals surface area contributed by atoms with Crippen molar-refractivity contribution >= 4 is 12.0 Å². The highest BCUT2D eigenvalue weighted by molar-refractivity contribution is 5.91. The van der Waals surface area contributed by atoms with E-state index in [-0.39, 0.29) is 18.6 Å². The van der Waals surface area contributed by atoms with E-state index in [2.05, 4.69) is 5.10 Å². The van der Waals surface area contributed by atoms with Gasteiger partial charge in [0.15, 0.2) is 0 Å². The van der Waals surface area contributed by atoms with E-state index in [1.807, 2.05) is 13.1 Å². The van der Waals surface area contributed by atoms with Crippen molar-refractivity contribution in [1.82, 2.24) is 14.7 Å². The molecule has 1 fully saturated rings. The maximum absolute atomic E-state index is 12.0. The molecule has 1 N–H and O–H groups in total. The summed E-state index contributed by atoms with van der Waals surface area (Å²) in [4.78, 5) is 13.7. The topological polar surface area (TPSA) is 67.6 Å². The minimum atomic E-state index is -0.248. The molecule has 6 nitrogen and oxygen atoms in total. The number of hydrogen-bond donors (Lipinski definition) is 1. The molecule has 1 saturated heterocycles. The summed E-state index contributed by atoms with van der Waals surface area (Å²) in [6, 6.07) is 1.58. The van der Waals surface area contributed by atoms with Gasteiger partial charge in [0.05, 0.1) is 31.6 Å². The number of aliphatic hydroxyl groups is 1. The van der Waals surface area contributed by atoms with Crippen molar-refractivity contribution in [3.05, 3.63) is 24.0 Å². The molecular weight excluding hydrogens is 234 g/mol. The lowest BCUT2D eigenvalue weighted by atomic mass is 10.2. The van der Waals surface area contributed by atoms with Crippen LogP contribution in [0.1, 0.15) is 5.69 Å². The van der Waals surface area contributed by atoms with Crippen molar-refractivity contribution < 1.29 is 14.6 Å². The lowest BCUT2D eigenvalue weighted by Crippen LogP contribution is -2.49. The molecule has 0 aliphatic carbocycles. The average Bonchev–Trinajstić information content (AvgIpc) is 2.81. The molecule has 18 heavy (non-hydrogen) atoms. The molecule has 0 spiro atoms. The average molecular weight is 251 g/mol. The number of nitrogens with zero attached hydrogens (tertiary/aromatic N) is 3. The SMILES string of the molecule is Cn1nccc1/C=C/C(=O)N1CCOCC1CO. The molecule has 2 heterocycles. The van der Waals surface area contributed by atoms with Gasteiger partial charge in [-0.15, -0.1) is 0 Å². The van der Waals surface area contributed by atoms with Gasteiger partial charge in [-0.25, -0.2) is 0 Å². The second kappa shape index (κ2) is 5.79. The Hall–Kier alpha value is -1.66. The molecule has 1 unspecified atom stereocenters. The molecule has 1 atom stereocenters. The van der Waals surface area contributed by atoms with Crippen LogP contribution in [0.2, 0.25) is 0 Å². The first-order valence-corrected chi connectivity index (χ1v) is 5.87. The van der Waals surface area contributed by atoms with Crippen molar-refractivity contribution in [2.24, 2.45) is 7.05 Å². The number of carbonyl (C=O) groups is 1. The maximum atomic E-state index is 12.0. The van der Waals surface area contributed by atoms with Gasteiger partial charge < -0.3 is 14.7 Å². The van der Waals surface area contributed by atoms with Gasteiger partial charge in [0.1, 0.15) is 0 Å². The van der Waals surface area contributed by atoms with Gasteiger partial charge in [-0.1, -0.05) is 0 Å². The first-order chi connectivity index (χ1) is 8.72. The van der Waals surface area contributed by atoms with E-state index >= 15 is 0 Å². The fourth-order valence-electron chi connectivity index (χ4n) is 1.90. The number of ether oxygens (including phenoxy) is 1. The second-order valence-electron chi connectivity index (χ2n) is 4.16. The van der Waals surface area contributed by atoms with Crippen LogP contribution in [0.4, 0.5) is 0 Å². The molecule has 1 aliphatic heterocycles. The van der Waals surface area contributed by atoms with Crippen LogP contribution >= 0.6 is 0 Å².